The molecule has 15 nitrogen and oxygen atoms in total. The fraction of sp³-hybridized carbons (Fsp3) is 0.415. The molecular formula is C53H60F4N8O7S. The third-order valence-corrected chi connectivity index (χ3v) is 14.8. The SMILES string of the molecule is Cc1ncsc1-c1ccc([C@H](C)NC(=O)[C@@H]2C[C@@H](O)CN2C(=O)[C@@H](CC(=O)CNC(=O)c2ccc(F)c(-c3ccc(N4C[C@@H](C)N(C)[C@@H](C)C4)c(NC(=O)c4c[nH]c(=O)cc4C(F)(F)F)c3)c2)C(C)(C)C)cc1. The van der Waals surface area contributed by atoms with Gasteiger partial charge in [-0.3, -0.25) is 33.7 Å². The van der Waals surface area contributed by atoms with Gasteiger partial charge in [-0.25, -0.2) is 9.37 Å². The molecule has 0 saturated carbocycles. The number of ketones is 1. The first-order valence-electron chi connectivity index (χ1n) is 23.9. The number of anilines is 2. The number of likely N-dealkylation sites (N-methyl/N-ethyl adjacent to an activating group) is 1. The van der Waals surface area contributed by atoms with E-state index >= 15 is 4.39 Å². The Hall–Kier alpha value is -6.77. The van der Waals surface area contributed by atoms with Crippen LogP contribution in [0.1, 0.15) is 98.0 Å². The Morgan fingerprint density at radius 1 is 0.918 bits per heavy atom. The average molecular weight is 1030 g/mol. The van der Waals surface area contributed by atoms with Crippen LogP contribution in [0, 0.1) is 24.1 Å². The number of pyridine rings is 1. The van der Waals surface area contributed by atoms with Crippen molar-refractivity contribution in [3.8, 4) is 21.6 Å². The van der Waals surface area contributed by atoms with E-state index in [-0.39, 0.29) is 53.8 Å². The zero-order chi connectivity index (χ0) is 53.3. The summed E-state index contributed by atoms with van der Waals surface area (Å²) in [5.74, 6) is -5.10. The molecular weight excluding hydrogens is 969 g/mol. The molecule has 2 aromatic heterocycles. The van der Waals surface area contributed by atoms with Gasteiger partial charge >= 0.3 is 6.18 Å². The van der Waals surface area contributed by atoms with Gasteiger partial charge in [0.2, 0.25) is 17.4 Å². The van der Waals surface area contributed by atoms with Crippen LogP contribution in [0.15, 0.2) is 83.2 Å². The Labute approximate surface area is 424 Å². The van der Waals surface area contributed by atoms with E-state index < -0.39 is 94.2 Å². The van der Waals surface area contributed by atoms with Crippen LogP contribution < -0.4 is 26.4 Å². The Balaban J connectivity index is 1.05. The molecule has 3 aromatic carbocycles. The highest BCUT2D eigenvalue weighted by Gasteiger charge is 2.45. The van der Waals surface area contributed by atoms with Crippen molar-refractivity contribution in [2.24, 2.45) is 11.3 Å². The predicted octanol–water partition coefficient (Wildman–Crippen LogP) is 7.60. The fourth-order valence-corrected chi connectivity index (χ4v) is 10.2. The van der Waals surface area contributed by atoms with Crippen molar-refractivity contribution >= 4 is 52.1 Å². The molecule has 7 rings (SSSR count). The number of β-amino-alcohol motifs (C(OH)–C–C–N with tert-alkyl or cyclic N) is 1. The second-order valence-corrected chi connectivity index (χ2v) is 21.0. The second kappa shape index (κ2) is 21.8. The molecule has 4 heterocycles. The van der Waals surface area contributed by atoms with Crippen LogP contribution in [0.5, 0.6) is 0 Å². The highest BCUT2D eigenvalue weighted by molar-refractivity contribution is 7.13. The van der Waals surface area contributed by atoms with Crippen molar-refractivity contribution in [3.63, 3.8) is 0 Å². The molecule has 4 amide bonds. The number of aryl methyl sites for hydroxylation is 1. The van der Waals surface area contributed by atoms with Gasteiger partial charge in [-0.1, -0.05) is 51.1 Å². The molecule has 0 aliphatic carbocycles. The molecule has 0 radical (unpaired) electrons. The van der Waals surface area contributed by atoms with Crippen molar-refractivity contribution in [2.45, 2.75) is 97.8 Å². The van der Waals surface area contributed by atoms with Gasteiger partial charge in [0.05, 0.1) is 57.3 Å². The smallest absolute Gasteiger partial charge is 0.391 e. The summed E-state index contributed by atoms with van der Waals surface area (Å²) in [6.07, 6.45) is -5.64. The minimum absolute atomic E-state index is 0.00285. The largest absolute Gasteiger partial charge is 0.417 e. The lowest BCUT2D eigenvalue weighted by atomic mass is 9.76. The van der Waals surface area contributed by atoms with Crippen molar-refractivity contribution in [3.05, 3.63) is 123 Å². The van der Waals surface area contributed by atoms with E-state index in [4.69, 9.17) is 0 Å². The van der Waals surface area contributed by atoms with E-state index in [9.17, 15) is 47.0 Å². The van der Waals surface area contributed by atoms with Gasteiger partial charge in [0.15, 0.2) is 5.78 Å². The van der Waals surface area contributed by atoms with Crippen LogP contribution in [0.3, 0.4) is 0 Å². The number of aromatic nitrogens is 2. The van der Waals surface area contributed by atoms with Gasteiger partial charge in [-0.05, 0) is 87.2 Å². The number of aromatic amines is 1. The monoisotopic (exact) mass is 1030 g/mol. The summed E-state index contributed by atoms with van der Waals surface area (Å²) in [4.78, 5) is 93.8. The second-order valence-electron chi connectivity index (χ2n) is 20.1. The lowest BCUT2D eigenvalue weighted by molar-refractivity contribution is -0.146. The molecule has 73 heavy (non-hydrogen) atoms. The number of halogens is 4. The number of hydrogen-bond acceptors (Lipinski definition) is 11. The minimum Gasteiger partial charge on any atom is -0.391 e. The summed E-state index contributed by atoms with van der Waals surface area (Å²) in [6, 6.07) is 14.7. The number of hydrogen-bond donors (Lipinski definition) is 5. The number of likely N-dealkylation sites (tertiary alicyclic amines) is 1. The molecule has 2 aliphatic rings. The average Bonchev–Trinajstić information content (AvgIpc) is 3.95. The van der Waals surface area contributed by atoms with Gasteiger partial charge in [0.25, 0.3) is 11.8 Å². The number of thiazole rings is 1. The number of nitrogens with zero attached hydrogens (tertiary/aromatic N) is 4. The number of carbonyl (C=O) groups excluding carboxylic acids is 5. The first-order valence-corrected chi connectivity index (χ1v) is 24.8. The maximum atomic E-state index is 15.8. The number of rotatable bonds is 14. The van der Waals surface area contributed by atoms with Crippen LogP contribution in [-0.2, 0) is 20.6 Å². The van der Waals surface area contributed by atoms with Crippen molar-refractivity contribution in [1.82, 2.24) is 30.4 Å². The summed E-state index contributed by atoms with van der Waals surface area (Å²) < 4.78 is 57.9. The van der Waals surface area contributed by atoms with Gasteiger partial charge in [-0.2, -0.15) is 13.2 Å². The molecule has 2 saturated heterocycles. The van der Waals surface area contributed by atoms with E-state index in [0.717, 1.165) is 27.8 Å². The van der Waals surface area contributed by atoms with Crippen molar-refractivity contribution < 1.29 is 46.6 Å². The molecule has 5 N–H and O–H groups in total. The zero-order valence-electron chi connectivity index (χ0n) is 41.8. The number of alkyl halides is 3. The Morgan fingerprint density at radius 3 is 2.22 bits per heavy atom. The minimum atomic E-state index is -5.04. The maximum Gasteiger partial charge on any atom is 0.417 e. The molecule has 0 spiro atoms. The van der Waals surface area contributed by atoms with Gasteiger partial charge < -0.3 is 35.8 Å². The first-order chi connectivity index (χ1) is 34.3. The molecule has 388 valence electrons. The Bertz CT molecular complexity index is 2940. The Morgan fingerprint density at radius 2 is 1.59 bits per heavy atom. The summed E-state index contributed by atoms with van der Waals surface area (Å²) in [7, 11) is 1.97. The number of aliphatic hydroxyl groups is 1. The van der Waals surface area contributed by atoms with E-state index in [1.165, 1.54) is 34.4 Å². The lowest BCUT2D eigenvalue weighted by Crippen LogP contribution is -2.55. The van der Waals surface area contributed by atoms with Gasteiger partial charge in [0.1, 0.15) is 11.9 Å². The molecule has 5 aromatic rings. The number of carbonyl (C=O) groups is 5. The van der Waals surface area contributed by atoms with Crippen LogP contribution in [0.25, 0.3) is 21.6 Å². The number of nitrogens with one attached hydrogen (secondary N) is 4. The molecule has 0 unspecified atom stereocenters. The molecule has 6 atom stereocenters. The van der Waals surface area contributed by atoms with E-state index in [0.29, 0.717) is 31.0 Å². The molecule has 0 bridgehead atoms. The van der Waals surface area contributed by atoms with E-state index in [1.807, 2.05) is 63.9 Å². The highest BCUT2D eigenvalue weighted by Crippen LogP contribution is 2.38. The van der Waals surface area contributed by atoms with Gasteiger partial charge in [0, 0.05) is 73.9 Å². The number of aliphatic hydroxyl groups excluding tert-OH is 1. The molecule has 20 heteroatoms. The highest BCUT2D eigenvalue weighted by atomic mass is 32.1. The molecule has 2 aliphatic heterocycles. The van der Waals surface area contributed by atoms with E-state index in [1.54, 1.807) is 38.4 Å². The van der Waals surface area contributed by atoms with Crippen molar-refractivity contribution in [1.29, 1.82) is 0 Å². The summed E-state index contributed by atoms with van der Waals surface area (Å²) in [5, 5.41) is 18.8. The number of amides is 4. The summed E-state index contributed by atoms with van der Waals surface area (Å²) in [6.45, 7) is 13.4. The van der Waals surface area contributed by atoms with Crippen LogP contribution >= 0.6 is 11.3 Å². The fourth-order valence-electron chi connectivity index (χ4n) is 9.40. The maximum absolute atomic E-state index is 15.8. The van der Waals surface area contributed by atoms with Crippen LogP contribution in [0.4, 0.5) is 28.9 Å². The number of Topliss-reactive ketones (excluding diaryl/α,β-unsaturated/α-hetero) is 1. The molecule has 2 fully saturated rings. The summed E-state index contributed by atoms with van der Waals surface area (Å²) in [5.41, 5.74) is 0.903. The third kappa shape index (κ3) is 12.4. The van der Waals surface area contributed by atoms with Crippen LogP contribution in [0.2, 0.25) is 0 Å². The topological polar surface area (TPSA) is 197 Å². The van der Waals surface area contributed by atoms with Crippen LogP contribution in [-0.4, -0.2) is 112 Å². The summed E-state index contributed by atoms with van der Waals surface area (Å²) >= 11 is 1.53. The van der Waals surface area contributed by atoms with E-state index in [2.05, 4.69) is 30.8 Å². The Kier molecular flexibility index (Phi) is 16.1. The normalized spacial score (nSPS) is 19.3. The number of piperazine rings is 1. The predicted molar refractivity (Wildman–Crippen MR) is 271 cm³/mol. The van der Waals surface area contributed by atoms with Crippen molar-refractivity contribution in [2.75, 3.05) is 43.4 Å². The number of benzene rings is 3. The first kappa shape index (κ1) is 54.0. The quantitative estimate of drug-likeness (QED) is 0.0691. The standard InChI is InChI=1S/C53H60F4N8O7S/c1-28-24-64(25-29(2)63(28)8)44-16-14-34(18-43(44)62-49(70)39-23-58-46(68)21-40(39)53(55,56)57)38-17-35(13-15-42(38)54)48(69)59-22-36(66)19-41(52(5,6)7)51(72)65-26-37(67)20-45(65)50(71)61-30(3)32-9-11-33(12-10-32)47-31(4)60-27-73-47/h9-18,21,23,27-30,37,41,45,67H,19-20,22,24-26H2,1-8H3,(H,58,68)(H,59,69)(H,61,71)(H,62,70)/t28-,29+,30-,37+,41+,45-/m0/s1. The lowest BCUT2D eigenvalue weighted by Gasteiger charge is -2.44. The van der Waals surface area contributed by atoms with Gasteiger partial charge in [-0.15, -0.1) is 11.3 Å². The number of H-pyrrole nitrogens is 1. The third-order valence-electron chi connectivity index (χ3n) is 13.8. The zero-order valence-corrected chi connectivity index (χ0v) is 42.6.